The van der Waals surface area contributed by atoms with Crippen molar-refractivity contribution in [2.75, 3.05) is 23.7 Å². The van der Waals surface area contributed by atoms with Gasteiger partial charge in [-0.2, -0.15) is 0 Å². The van der Waals surface area contributed by atoms with E-state index in [2.05, 4.69) is 30.9 Å². The van der Waals surface area contributed by atoms with Crippen molar-refractivity contribution in [1.82, 2.24) is 20.3 Å². The first-order valence-corrected chi connectivity index (χ1v) is 8.11. The van der Waals surface area contributed by atoms with Crippen molar-refractivity contribution in [3.05, 3.63) is 53.9 Å². The summed E-state index contributed by atoms with van der Waals surface area (Å²) in [6, 6.07) is 9.34. The summed E-state index contributed by atoms with van der Waals surface area (Å²) in [7, 11) is 0. The molecule has 3 aromatic rings. The number of hydrogen-bond acceptors (Lipinski definition) is 5. The highest BCUT2D eigenvalue weighted by molar-refractivity contribution is 7.80. The Balaban J connectivity index is 1.51. The Labute approximate surface area is 149 Å². The van der Waals surface area contributed by atoms with Crippen molar-refractivity contribution >= 4 is 51.5 Å². The average Bonchev–Trinajstić information content (AvgIpc) is 2.59. The van der Waals surface area contributed by atoms with Gasteiger partial charge in [-0.15, -0.1) is 0 Å². The van der Waals surface area contributed by atoms with Crippen molar-refractivity contribution in [3.63, 3.8) is 0 Å². The molecule has 3 N–H and O–H groups in total. The van der Waals surface area contributed by atoms with Crippen molar-refractivity contribution < 1.29 is 0 Å². The van der Waals surface area contributed by atoms with Gasteiger partial charge >= 0.3 is 0 Å². The fourth-order valence-corrected chi connectivity index (χ4v) is 2.52. The Hall–Kier alpha value is -2.51. The van der Waals surface area contributed by atoms with Crippen LogP contribution in [0.2, 0.25) is 5.02 Å². The summed E-state index contributed by atoms with van der Waals surface area (Å²) in [6.07, 6.45) is 5.06. The number of nitrogens with one attached hydrogen (secondary N) is 3. The van der Waals surface area contributed by atoms with Gasteiger partial charge in [0.25, 0.3) is 0 Å². The number of hydrogen-bond donors (Lipinski definition) is 3. The number of halogens is 1. The smallest absolute Gasteiger partial charge is 0.228 e. The van der Waals surface area contributed by atoms with Crippen LogP contribution in [-0.2, 0) is 0 Å². The highest BCUT2D eigenvalue weighted by atomic mass is 35.5. The summed E-state index contributed by atoms with van der Waals surface area (Å²) in [5.74, 6) is 0.472. The minimum Gasteiger partial charge on any atom is -0.383 e. The molecule has 6 nitrogen and oxygen atoms in total. The summed E-state index contributed by atoms with van der Waals surface area (Å²) in [4.78, 5) is 12.4. The van der Waals surface area contributed by atoms with Gasteiger partial charge < -0.3 is 16.0 Å². The molecule has 0 aliphatic rings. The van der Waals surface area contributed by atoms with Crippen LogP contribution in [0.4, 0.5) is 11.6 Å². The standard InChI is InChI=1S/C16H15ClN6S/c17-11-2-3-12-13(4-7-18-14(12)10-11)19-8-9-22-16(24)23-15-20-5-1-6-21-15/h1-7,10H,8-9H2,(H,18,19)(H2,20,21,22,23,24). The van der Waals surface area contributed by atoms with Crippen LogP contribution >= 0.6 is 23.8 Å². The van der Waals surface area contributed by atoms with E-state index in [9.17, 15) is 0 Å². The van der Waals surface area contributed by atoms with Crippen LogP contribution in [-0.4, -0.2) is 33.2 Å². The number of benzene rings is 1. The minimum atomic E-state index is 0.472. The molecule has 0 atom stereocenters. The van der Waals surface area contributed by atoms with E-state index in [1.54, 1.807) is 24.7 Å². The first-order chi connectivity index (χ1) is 11.7. The quantitative estimate of drug-likeness (QED) is 0.478. The lowest BCUT2D eigenvalue weighted by atomic mass is 10.2. The Morgan fingerprint density at radius 2 is 1.88 bits per heavy atom. The second kappa shape index (κ2) is 7.85. The maximum Gasteiger partial charge on any atom is 0.228 e. The normalized spacial score (nSPS) is 10.4. The van der Waals surface area contributed by atoms with Gasteiger partial charge in [-0.1, -0.05) is 11.6 Å². The number of rotatable bonds is 5. The second-order valence-electron chi connectivity index (χ2n) is 4.90. The van der Waals surface area contributed by atoms with Crippen LogP contribution in [0.1, 0.15) is 0 Å². The number of anilines is 2. The molecule has 1 aromatic carbocycles. The van der Waals surface area contributed by atoms with E-state index in [0.29, 0.717) is 29.2 Å². The van der Waals surface area contributed by atoms with Crippen molar-refractivity contribution in [3.8, 4) is 0 Å². The molecule has 0 radical (unpaired) electrons. The fraction of sp³-hybridized carbons (Fsp3) is 0.125. The van der Waals surface area contributed by atoms with Crippen LogP contribution in [0.25, 0.3) is 10.9 Å². The molecule has 0 amide bonds. The monoisotopic (exact) mass is 358 g/mol. The SMILES string of the molecule is S=C(NCCNc1ccnc2cc(Cl)ccc12)Nc1ncccn1. The van der Waals surface area contributed by atoms with E-state index in [1.807, 2.05) is 24.3 Å². The van der Waals surface area contributed by atoms with Crippen molar-refractivity contribution in [2.45, 2.75) is 0 Å². The Morgan fingerprint density at radius 3 is 2.71 bits per heavy atom. The maximum atomic E-state index is 6.00. The molecular weight excluding hydrogens is 344 g/mol. The van der Waals surface area contributed by atoms with Gasteiger partial charge in [0.2, 0.25) is 5.95 Å². The predicted molar refractivity (Wildman–Crippen MR) is 101 cm³/mol. The van der Waals surface area contributed by atoms with Crippen LogP contribution in [0.3, 0.4) is 0 Å². The number of pyridine rings is 1. The molecule has 3 rings (SSSR count). The second-order valence-corrected chi connectivity index (χ2v) is 5.74. The predicted octanol–water partition coefficient (Wildman–Crippen LogP) is 3.08. The zero-order valence-electron chi connectivity index (χ0n) is 12.7. The van der Waals surface area contributed by atoms with Gasteiger partial charge in [-0.05, 0) is 42.5 Å². The summed E-state index contributed by atoms with van der Waals surface area (Å²) in [5.41, 5.74) is 1.86. The van der Waals surface area contributed by atoms with Crippen molar-refractivity contribution in [1.29, 1.82) is 0 Å². The molecule has 0 aliphatic heterocycles. The summed E-state index contributed by atoms with van der Waals surface area (Å²) < 4.78 is 0. The Kier molecular flexibility index (Phi) is 5.35. The van der Waals surface area contributed by atoms with Crippen LogP contribution in [0.5, 0.6) is 0 Å². The minimum absolute atomic E-state index is 0.472. The number of thiocarbonyl (C=S) groups is 1. The van der Waals surface area contributed by atoms with Crippen LogP contribution in [0, 0.1) is 0 Å². The highest BCUT2D eigenvalue weighted by Crippen LogP contribution is 2.23. The fourth-order valence-electron chi connectivity index (χ4n) is 2.16. The lowest BCUT2D eigenvalue weighted by Gasteiger charge is -2.12. The van der Waals surface area contributed by atoms with E-state index in [4.69, 9.17) is 23.8 Å². The largest absolute Gasteiger partial charge is 0.383 e. The topological polar surface area (TPSA) is 74.8 Å². The third kappa shape index (κ3) is 4.27. The number of fused-ring (bicyclic) bond motifs is 1. The molecule has 2 aromatic heterocycles. The molecule has 0 saturated heterocycles. The molecule has 0 bridgehead atoms. The van der Waals surface area contributed by atoms with E-state index in [1.165, 1.54) is 0 Å². The third-order valence-corrected chi connectivity index (χ3v) is 3.70. The lowest BCUT2D eigenvalue weighted by molar-refractivity contribution is 0.914. The van der Waals surface area contributed by atoms with Gasteiger partial charge in [-0.3, -0.25) is 4.98 Å². The zero-order chi connectivity index (χ0) is 16.8. The third-order valence-electron chi connectivity index (χ3n) is 3.22. The average molecular weight is 359 g/mol. The first kappa shape index (κ1) is 16.4. The number of nitrogens with zero attached hydrogens (tertiary/aromatic N) is 3. The molecule has 8 heteroatoms. The highest BCUT2D eigenvalue weighted by Gasteiger charge is 2.03. The van der Waals surface area contributed by atoms with Gasteiger partial charge in [0, 0.05) is 47.8 Å². The molecule has 24 heavy (non-hydrogen) atoms. The zero-order valence-corrected chi connectivity index (χ0v) is 14.2. The number of aromatic nitrogens is 3. The molecule has 0 aliphatic carbocycles. The van der Waals surface area contributed by atoms with Gasteiger partial charge in [-0.25, -0.2) is 9.97 Å². The molecular formula is C16H15ClN6S. The molecule has 2 heterocycles. The van der Waals surface area contributed by atoms with Gasteiger partial charge in [0.05, 0.1) is 5.52 Å². The van der Waals surface area contributed by atoms with E-state index < -0.39 is 0 Å². The molecule has 122 valence electrons. The first-order valence-electron chi connectivity index (χ1n) is 7.32. The summed E-state index contributed by atoms with van der Waals surface area (Å²) in [5, 5.41) is 11.6. The molecule has 0 saturated carbocycles. The van der Waals surface area contributed by atoms with Crippen LogP contribution < -0.4 is 16.0 Å². The van der Waals surface area contributed by atoms with E-state index >= 15 is 0 Å². The molecule has 0 fully saturated rings. The summed E-state index contributed by atoms with van der Waals surface area (Å²) >= 11 is 11.2. The molecule has 0 spiro atoms. The maximum absolute atomic E-state index is 6.00. The summed E-state index contributed by atoms with van der Waals surface area (Å²) in [6.45, 7) is 1.34. The lowest BCUT2D eigenvalue weighted by Crippen LogP contribution is -2.32. The van der Waals surface area contributed by atoms with E-state index in [-0.39, 0.29) is 0 Å². The van der Waals surface area contributed by atoms with Crippen LogP contribution in [0.15, 0.2) is 48.9 Å². The van der Waals surface area contributed by atoms with Gasteiger partial charge in [0.1, 0.15) is 0 Å². The van der Waals surface area contributed by atoms with E-state index in [0.717, 1.165) is 16.6 Å². The Bertz CT molecular complexity index is 842. The van der Waals surface area contributed by atoms with Crippen molar-refractivity contribution in [2.24, 2.45) is 0 Å². The molecule has 0 unspecified atom stereocenters. The van der Waals surface area contributed by atoms with Gasteiger partial charge in [0.15, 0.2) is 5.11 Å². The Morgan fingerprint density at radius 1 is 1.04 bits per heavy atom.